The highest BCUT2D eigenvalue weighted by Crippen LogP contribution is 2.39. The molecule has 3 fully saturated rings. The molecule has 2 aromatic heterocycles. The quantitative estimate of drug-likeness (QED) is 0.517. The van der Waals surface area contributed by atoms with Gasteiger partial charge in [-0.2, -0.15) is 5.10 Å². The number of nitrogens with one attached hydrogen (secondary N) is 1. The van der Waals surface area contributed by atoms with Crippen LogP contribution in [-0.2, 0) is 0 Å². The van der Waals surface area contributed by atoms with Gasteiger partial charge in [0.05, 0.1) is 12.2 Å². The molecule has 172 valence electrons. The maximum Gasteiger partial charge on any atom is 0.180 e. The lowest BCUT2D eigenvalue weighted by Crippen LogP contribution is -2.27. The van der Waals surface area contributed by atoms with Crippen molar-refractivity contribution < 1.29 is 4.39 Å². The van der Waals surface area contributed by atoms with Crippen LogP contribution in [0.25, 0.3) is 5.65 Å². The van der Waals surface area contributed by atoms with Gasteiger partial charge in [-0.05, 0) is 80.3 Å². The van der Waals surface area contributed by atoms with Crippen LogP contribution in [0.1, 0.15) is 56.6 Å². The van der Waals surface area contributed by atoms with E-state index < -0.39 is 0 Å². The lowest BCUT2D eigenvalue weighted by atomic mass is 9.92. The van der Waals surface area contributed by atoms with Gasteiger partial charge in [-0.1, -0.05) is 11.6 Å². The van der Waals surface area contributed by atoms with Crippen LogP contribution in [0.3, 0.4) is 0 Å². The number of rotatable bonds is 5. The zero-order chi connectivity index (χ0) is 22.4. The average Bonchev–Trinajstić information content (AvgIpc) is 3.54. The molecule has 4 heterocycles. The Kier molecular flexibility index (Phi) is 5.37. The first-order chi connectivity index (χ1) is 16.2. The van der Waals surface area contributed by atoms with Crippen LogP contribution >= 0.6 is 11.6 Å². The standard InChI is InChI=1S/C25H28ClFN6/c26-20-9-8-18(27)15-19(20)22-7-4-13-32(22)23-10-14-33-25(30-23)21(16-28-33)29-24(17-5-3-6-17)31-11-1-2-12-31/h8-10,14-16,22,29H,1-7,11-13H2. The average molecular weight is 467 g/mol. The second-order valence-electron chi connectivity index (χ2n) is 9.25. The number of allylic oxidation sites excluding steroid dienone is 1. The molecular formula is C25H28ClFN6. The number of hydrogen-bond acceptors (Lipinski definition) is 5. The van der Waals surface area contributed by atoms with Crippen molar-refractivity contribution in [2.24, 2.45) is 0 Å². The highest BCUT2D eigenvalue weighted by Gasteiger charge is 2.30. The van der Waals surface area contributed by atoms with Crippen LogP contribution in [0.5, 0.6) is 0 Å². The first-order valence-corrected chi connectivity index (χ1v) is 12.3. The summed E-state index contributed by atoms with van der Waals surface area (Å²) >= 11 is 6.45. The van der Waals surface area contributed by atoms with E-state index >= 15 is 0 Å². The molecule has 1 atom stereocenters. The molecule has 2 saturated heterocycles. The number of aromatic nitrogens is 3. The van der Waals surface area contributed by atoms with E-state index in [1.807, 2.05) is 23.0 Å². The summed E-state index contributed by atoms with van der Waals surface area (Å²) in [5.74, 6) is 1.87. The molecule has 1 unspecified atom stereocenters. The Morgan fingerprint density at radius 3 is 2.70 bits per heavy atom. The smallest absolute Gasteiger partial charge is 0.180 e. The van der Waals surface area contributed by atoms with Crippen molar-refractivity contribution in [1.82, 2.24) is 19.5 Å². The first kappa shape index (κ1) is 20.8. The SMILES string of the molecule is Fc1ccc(Cl)c(C2CCCN2c2ccn3ncc(NC(=C4CCC4)N4CCCC4)c3n2)c1. The highest BCUT2D eigenvalue weighted by molar-refractivity contribution is 6.31. The molecule has 3 aromatic rings. The summed E-state index contributed by atoms with van der Waals surface area (Å²) in [6.45, 7) is 3.07. The van der Waals surface area contributed by atoms with Crippen LogP contribution in [0, 0.1) is 5.82 Å². The molecule has 0 radical (unpaired) electrons. The molecular weight excluding hydrogens is 439 g/mol. The van der Waals surface area contributed by atoms with Crippen molar-refractivity contribution in [1.29, 1.82) is 0 Å². The van der Waals surface area contributed by atoms with Gasteiger partial charge in [0, 0.05) is 30.9 Å². The van der Waals surface area contributed by atoms with Crippen LogP contribution in [0.2, 0.25) is 5.02 Å². The van der Waals surface area contributed by atoms with Crippen LogP contribution in [-0.4, -0.2) is 39.1 Å². The largest absolute Gasteiger partial charge is 0.358 e. The lowest BCUT2D eigenvalue weighted by Gasteiger charge is -2.30. The molecule has 1 saturated carbocycles. The molecule has 2 aliphatic heterocycles. The van der Waals surface area contributed by atoms with E-state index in [1.54, 1.807) is 12.1 Å². The van der Waals surface area contributed by atoms with Crippen molar-refractivity contribution in [2.75, 3.05) is 29.9 Å². The molecule has 6 nitrogen and oxygen atoms in total. The van der Waals surface area contributed by atoms with Crippen LogP contribution in [0.4, 0.5) is 15.9 Å². The van der Waals surface area contributed by atoms with Crippen molar-refractivity contribution in [3.05, 3.63) is 64.5 Å². The maximum absolute atomic E-state index is 14.0. The fourth-order valence-electron chi connectivity index (χ4n) is 5.29. The summed E-state index contributed by atoms with van der Waals surface area (Å²) in [6.07, 6.45) is 11.9. The monoisotopic (exact) mass is 466 g/mol. The molecule has 33 heavy (non-hydrogen) atoms. The van der Waals surface area contributed by atoms with Crippen molar-refractivity contribution >= 4 is 28.8 Å². The van der Waals surface area contributed by atoms with Gasteiger partial charge >= 0.3 is 0 Å². The van der Waals surface area contributed by atoms with E-state index in [-0.39, 0.29) is 11.9 Å². The summed E-state index contributed by atoms with van der Waals surface area (Å²) in [4.78, 5) is 9.73. The summed E-state index contributed by atoms with van der Waals surface area (Å²) < 4.78 is 15.8. The Balaban J connectivity index is 1.33. The van der Waals surface area contributed by atoms with Crippen LogP contribution in [0.15, 0.2) is 48.1 Å². The Morgan fingerprint density at radius 2 is 1.91 bits per heavy atom. The van der Waals surface area contributed by atoms with Crippen molar-refractivity contribution in [3.8, 4) is 0 Å². The van der Waals surface area contributed by atoms with Gasteiger partial charge in [-0.3, -0.25) is 0 Å². The highest BCUT2D eigenvalue weighted by atomic mass is 35.5. The molecule has 0 bridgehead atoms. The minimum Gasteiger partial charge on any atom is -0.358 e. The van der Waals surface area contributed by atoms with E-state index in [1.165, 1.54) is 49.6 Å². The van der Waals surface area contributed by atoms with E-state index in [0.717, 1.165) is 55.2 Å². The Labute approximate surface area is 198 Å². The van der Waals surface area contributed by atoms with Crippen LogP contribution < -0.4 is 10.2 Å². The molecule has 1 aliphatic carbocycles. The van der Waals surface area contributed by atoms with Gasteiger partial charge in [-0.15, -0.1) is 0 Å². The Morgan fingerprint density at radius 1 is 1.06 bits per heavy atom. The van der Waals surface area contributed by atoms with E-state index in [2.05, 4.69) is 20.2 Å². The Bertz CT molecular complexity index is 1210. The topological polar surface area (TPSA) is 48.7 Å². The summed E-state index contributed by atoms with van der Waals surface area (Å²) in [5, 5.41) is 8.83. The van der Waals surface area contributed by atoms with Crippen molar-refractivity contribution in [2.45, 2.75) is 51.0 Å². The van der Waals surface area contributed by atoms with Gasteiger partial charge in [0.15, 0.2) is 5.65 Å². The third kappa shape index (κ3) is 3.82. The first-order valence-electron chi connectivity index (χ1n) is 12.0. The minimum atomic E-state index is -0.259. The lowest BCUT2D eigenvalue weighted by molar-refractivity contribution is 0.412. The van der Waals surface area contributed by atoms with Gasteiger partial charge in [0.1, 0.15) is 23.1 Å². The van der Waals surface area contributed by atoms with Gasteiger partial charge in [0.2, 0.25) is 0 Å². The van der Waals surface area contributed by atoms with Crippen molar-refractivity contribution in [3.63, 3.8) is 0 Å². The number of likely N-dealkylation sites (tertiary alicyclic amines) is 1. The number of hydrogen-bond donors (Lipinski definition) is 1. The van der Waals surface area contributed by atoms with E-state index in [9.17, 15) is 4.39 Å². The molecule has 0 spiro atoms. The molecule has 0 amide bonds. The number of fused-ring (bicyclic) bond motifs is 1. The van der Waals surface area contributed by atoms with E-state index in [0.29, 0.717) is 5.02 Å². The third-order valence-electron chi connectivity index (χ3n) is 7.19. The second kappa shape index (κ2) is 8.52. The number of halogens is 2. The summed E-state index contributed by atoms with van der Waals surface area (Å²) in [6, 6.07) is 6.62. The van der Waals surface area contributed by atoms with Gasteiger partial charge in [0.25, 0.3) is 0 Å². The normalized spacial score (nSPS) is 20.5. The van der Waals surface area contributed by atoms with E-state index in [4.69, 9.17) is 16.6 Å². The molecule has 6 rings (SSSR count). The second-order valence-corrected chi connectivity index (χ2v) is 9.66. The molecule has 1 aromatic carbocycles. The fraction of sp³-hybridized carbons (Fsp3) is 0.440. The molecule has 8 heteroatoms. The predicted molar refractivity (Wildman–Crippen MR) is 129 cm³/mol. The summed E-state index contributed by atoms with van der Waals surface area (Å²) in [7, 11) is 0. The number of nitrogens with zero attached hydrogens (tertiary/aromatic N) is 5. The van der Waals surface area contributed by atoms with Gasteiger partial charge in [-0.25, -0.2) is 13.9 Å². The molecule has 3 aliphatic rings. The van der Waals surface area contributed by atoms with Gasteiger partial charge < -0.3 is 15.1 Å². The number of anilines is 2. The fourth-order valence-corrected chi connectivity index (χ4v) is 5.53. The summed E-state index contributed by atoms with van der Waals surface area (Å²) in [5.41, 5.74) is 4.07. The third-order valence-corrected chi connectivity index (χ3v) is 7.53. The zero-order valence-corrected chi connectivity index (χ0v) is 19.4. The molecule has 1 N–H and O–H groups in total. The predicted octanol–water partition coefficient (Wildman–Crippen LogP) is 5.77. The maximum atomic E-state index is 14.0. The zero-order valence-electron chi connectivity index (χ0n) is 18.6. The Hall–Kier alpha value is -2.80. The number of benzene rings is 1. The minimum absolute atomic E-state index is 0.0136.